The minimum Gasteiger partial charge on any atom is -0.497 e. The number of carbonyl (C=O) groups is 1. The van der Waals surface area contributed by atoms with E-state index in [1.807, 2.05) is 59.5 Å². The molecular formula is C33H30N2O3. The van der Waals surface area contributed by atoms with E-state index in [1.54, 1.807) is 14.2 Å². The maximum atomic E-state index is 14.1. The van der Waals surface area contributed by atoms with E-state index in [1.165, 1.54) is 0 Å². The molecule has 5 nitrogen and oxygen atoms in total. The average molecular weight is 503 g/mol. The molecule has 5 aromatic rings. The van der Waals surface area contributed by atoms with Gasteiger partial charge >= 0.3 is 0 Å². The largest absolute Gasteiger partial charge is 0.497 e. The second-order valence-electron chi connectivity index (χ2n) is 9.69. The fraction of sp³-hybridized carbons (Fsp3) is 0.182. The highest BCUT2D eigenvalue weighted by molar-refractivity contribution is 6.03. The van der Waals surface area contributed by atoms with E-state index in [0.29, 0.717) is 0 Å². The van der Waals surface area contributed by atoms with Crippen molar-refractivity contribution in [3.05, 3.63) is 119 Å². The quantitative estimate of drug-likeness (QED) is 0.247. The van der Waals surface area contributed by atoms with Gasteiger partial charge in [0.1, 0.15) is 11.5 Å². The Morgan fingerprint density at radius 1 is 0.789 bits per heavy atom. The second kappa shape index (κ2) is 9.42. The van der Waals surface area contributed by atoms with E-state index in [2.05, 4.69) is 61.0 Å². The Morgan fingerprint density at radius 3 is 2.26 bits per heavy atom. The number of amides is 1. The molecule has 0 spiro atoms. The second-order valence-corrected chi connectivity index (χ2v) is 9.69. The number of hydrogen-bond donors (Lipinski definition) is 0. The van der Waals surface area contributed by atoms with Gasteiger partial charge < -0.3 is 18.9 Å². The minimum atomic E-state index is -0.286. The third kappa shape index (κ3) is 3.58. The molecule has 0 bridgehead atoms. The normalized spacial score (nSPS) is 15.5. The number of ether oxygens (including phenoxy) is 2. The number of aryl methyl sites for hydroxylation is 1. The SMILES string of the molecule is COc1ccc(OC)c(-c2c([C@@H]3c4ccccc4C(=O)N3[C@H](C)c3ccccc3)c3ccccc3n2C)c1. The molecule has 1 aliphatic heterocycles. The fourth-order valence-corrected chi connectivity index (χ4v) is 5.95. The number of hydrogen-bond acceptors (Lipinski definition) is 3. The van der Waals surface area contributed by atoms with Crippen molar-refractivity contribution in [2.75, 3.05) is 14.2 Å². The Balaban J connectivity index is 1.69. The van der Waals surface area contributed by atoms with Gasteiger partial charge in [0.25, 0.3) is 5.91 Å². The molecule has 0 unspecified atom stereocenters. The highest BCUT2D eigenvalue weighted by Crippen LogP contribution is 2.50. The van der Waals surface area contributed by atoms with Crippen LogP contribution in [0.5, 0.6) is 11.5 Å². The number of nitrogens with zero attached hydrogens (tertiary/aromatic N) is 2. The Bertz CT molecular complexity index is 1650. The first-order valence-corrected chi connectivity index (χ1v) is 12.8. The van der Waals surface area contributed by atoms with Crippen LogP contribution in [0.3, 0.4) is 0 Å². The van der Waals surface area contributed by atoms with Gasteiger partial charge in [-0.1, -0.05) is 66.7 Å². The predicted molar refractivity (Wildman–Crippen MR) is 151 cm³/mol. The third-order valence-corrected chi connectivity index (χ3v) is 7.78. The van der Waals surface area contributed by atoms with E-state index in [4.69, 9.17) is 9.47 Å². The van der Waals surface area contributed by atoms with Crippen molar-refractivity contribution in [3.63, 3.8) is 0 Å². The van der Waals surface area contributed by atoms with Crippen LogP contribution in [0.15, 0.2) is 97.1 Å². The zero-order valence-electron chi connectivity index (χ0n) is 22.0. The molecule has 4 aromatic carbocycles. The number of rotatable bonds is 6. The van der Waals surface area contributed by atoms with Crippen LogP contribution in [0.4, 0.5) is 0 Å². The standard InChI is InChI=1S/C33H30N2O3/c1-21(22-12-6-5-7-13-22)35-32(24-14-8-9-15-25(24)33(35)36)30-26-16-10-11-17-28(26)34(2)31(30)27-20-23(37-3)18-19-29(27)38-4/h5-21,32H,1-4H3/t21-,32+/m1/s1. The van der Waals surface area contributed by atoms with Crippen LogP contribution in [0, 0.1) is 0 Å². The molecule has 0 saturated heterocycles. The zero-order chi connectivity index (χ0) is 26.4. The molecule has 2 atom stereocenters. The first-order valence-electron chi connectivity index (χ1n) is 12.8. The van der Waals surface area contributed by atoms with Gasteiger partial charge in [0, 0.05) is 34.6 Å². The zero-order valence-corrected chi connectivity index (χ0v) is 22.0. The highest BCUT2D eigenvalue weighted by atomic mass is 16.5. The number of aromatic nitrogens is 1. The van der Waals surface area contributed by atoms with Crippen molar-refractivity contribution in [2.45, 2.75) is 19.0 Å². The average Bonchev–Trinajstić information content (AvgIpc) is 3.43. The van der Waals surface area contributed by atoms with Crippen LogP contribution in [-0.4, -0.2) is 29.6 Å². The molecule has 6 rings (SSSR count). The van der Waals surface area contributed by atoms with Gasteiger partial charge in [-0.05, 0) is 48.4 Å². The van der Waals surface area contributed by atoms with Gasteiger partial charge in [0.15, 0.2) is 0 Å². The minimum absolute atomic E-state index is 0.0402. The lowest BCUT2D eigenvalue weighted by Gasteiger charge is -2.33. The van der Waals surface area contributed by atoms with Gasteiger partial charge in [-0.2, -0.15) is 0 Å². The lowest BCUT2D eigenvalue weighted by atomic mass is 9.92. The molecule has 1 aromatic heterocycles. The first kappa shape index (κ1) is 23.9. The van der Waals surface area contributed by atoms with Crippen LogP contribution in [0.25, 0.3) is 22.2 Å². The van der Waals surface area contributed by atoms with Crippen molar-refractivity contribution < 1.29 is 14.3 Å². The number of carbonyl (C=O) groups excluding carboxylic acids is 1. The molecule has 38 heavy (non-hydrogen) atoms. The van der Waals surface area contributed by atoms with Crippen LogP contribution < -0.4 is 9.47 Å². The van der Waals surface area contributed by atoms with Crippen LogP contribution in [-0.2, 0) is 7.05 Å². The summed E-state index contributed by atoms with van der Waals surface area (Å²) < 4.78 is 13.7. The molecule has 5 heteroatoms. The molecule has 0 aliphatic carbocycles. The lowest BCUT2D eigenvalue weighted by molar-refractivity contribution is 0.0678. The van der Waals surface area contributed by atoms with Gasteiger partial charge in [0.05, 0.1) is 32.0 Å². The summed E-state index contributed by atoms with van der Waals surface area (Å²) in [6, 6.07) is 32.1. The fourth-order valence-electron chi connectivity index (χ4n) is 5.95. The van der Waals surface area contributed by atoms with Crippen LogP contribution in [0.1, 0.15) is 46.1 Å². The third-order valence-electron chi connectivity index (χ3n) is 7.78. The maximum absolute atomic E-state index is 14.1. The first-order chi connectivity index (χ1) is 18.5. The Hall–Kier alpha value is -4.51. The van der Waals surface area contributed by atoms with E-state index < -0.39 is 0 Å². The Labute approximate surface area is 222 Å². The number of methoxy groups -OCH3 is 2. The van der Waals surface area contributed by atoms with Gasteiger partial charge in [-0.3, -0.25) is 4.79 Å². The number of benzene rings is 4. The molecule has 0 fully saturated rings. The van der Waals surface area contributed by atoms with Crippen molar-refractivity contribution in [1.82, 2.24) is 9.47 Å². The summed E-state index contributed by atoms with van der Waals surface area (Å²) in [4.78, 5) is 16.1. The molecule has 190 valence electrons. The van der Waals surface area contributed by atoms with Crippen LogP contribution in [0.2, 0.25) is 0 Å². The molecule has 1 aliphatic rings. The van der Waals surface area contributed by atoms with Gasteiger partial charge in [0.2, 0.25) is 0 Å². The summed E-state index contributed by atoms with van der Waals surface area (Å²) in [5, 5.41) is 1.11. The molecule has 0 N–H and O–H groups in total. The predicted octanol–water partition coefficient (Wildman–Crippen LogP) is 7.17. The Morgan fingerprint density at radius 2 is 1.50 bits per heavy atom. The maximum Gasteiger partial charge on any atom is 0.255 e. The lowest BCUT2D eigenvalue weighted by Crippen LogP contribution is -2.32. The Kier molecular flexibility index (Phi) is 5.91. The summed E-state index contributed by atoms with van der Waals surface area (Å²) in [6.45, 7) is 2.11. The summed E-state index contributed by atoms with van der Waals surface area (Å²) in [7, 11) is 5.43. The highest BCUT2D eigenvalue weighted by Gasteiger charge is 2.43. The molecule has 2 heterocycles. The van der Waals surface area contributed by atoms with E-state index in [9.17, 15) is 4.79 Å². The number of para-hydroxylation sites is 1. The van der Waals surface area contributed by atoms with Gasteiger partial charge in [-0.15, -0.1) is 0 Å². The van der Waals surface area contributed by atoms with E-state index >= 15 is 0 Å². The molecule has 1 amide bonds. The molecular weight excluding hydrogens is 472 g/mol. The van der Waals surface area contributed by atoms with Crippen molar-refractivity contribution in [3.8, 4) is 22.8 Å². The topological polar surface area (TPSA) is 43.7 Å². The monoisotopic (exact) mass is 502 g/mol. The number of fused-ring (bicyclic) bond motifs is 2. The van der Waals surface area contributed by atoms with Crippen molar-refractivity contribution in [2.24, 2.45) is 7.05 Å². The van der Waals surface area contributed by atoms with Gasteiger partial charge in [-0.25, -0.2) is 0 Å². The summed E-state index contributed by atoms with van der Waals surface area (Å²) in [5.74, 6) is 1.53. The van der Waals surface area contributed by atoms with E-state index in [0.717, 1.165) is 55.9 Å². The van der Waals surface area contributed by atoms with E-state index in [-0.39, 0.29) is 18.0 Å². The van der Waals surface area contributed by atoms with Crippen molar-refractivity contribution >= 4 is 16.8 Å². The summed E-state index contributed by atoms with van der Waals surface area (Å²) >= 11 is 0. The smallest absolute Gasteiger partial charge is 0.255 e. The van der Waals surface area contributed by atoms with Crippen LogP contribution >= 0.6 is 0 Å². The molecule has 0 saturated carbocycles. The molecule has 0 radical (unpaired) electrons. The van der Waals surface area contributed by atoms with Crippen molar-refractivity contribution in [1.29, 1.82) is 0 Å². The summed E-state index contributed by atoms with van der Waals surface area (Å²) in [6.07, 6.45) is 0. The summed E-state index contributed by atoms with van der Waals surface area (Å²) in [5.41, 5.74) is 6.95.